The third-order valence-corrected chi connectivity index (χ3v) is 8.48. The maximum absolute atomic E-state index is 10.7. The Morgan fingerprint density at radius 2 is 1.44 bits per heavy atom. The molecule has 4 aliphatic rings. The maximum atomic E-state index is 10.7. The minimum Gasteiger partial charge on any atom is -0.493 e. The van der Waals surface area contributed by atoms with Crippen molar-refractivity contribution in [3.63, 3.8) is 0 Å². The van der Waals surface area contributed by atoms with Crippen LogP contribution in [0.2, 0.25) is 0 Å². The first-order valence-corrected chi connectivity index (χ1v) is 13.9. The highest BCUT2D eigenvalue weighted by molar-refractivity contribution is 5.64. The van der Waals surface area contributed by atoms with Crippen LogP contribution in [0.25, 0.3) is 0 Å². The summed E-state index contributed by atoms with van der Waals surface area (Å²) in [7, 11) is 5.91. The van der Waals surface area contributed by atoms with Crippen LogP contribution in [0.4, 0.5) is 0 Å². The van der Waals surface area contributed by atoms with E-state index in [-0.39, 0.29) is 42.0 Å². The van der Waals surface area contributed by atoms with Crippen molar-refractivity contribution in [1.82, 2.24) is 0 Å². The van der Waals surface area contributed by atoms with Crippen molar-refractivity contribution in [1.29, 1.82) is 0 Å². The summed E-state index contributed by atoms with van der Waals surface area (Å²) in [6.07, 6.45) is -8.39. The van der Waals surface area contributed by atoms with E-state index in [4.69, 9.17) is 47.4 Å². The number of hydrogen-bond donors (Lipinski definition) is 4. The molecule has 14 heteroatoms. The lowest BCUT2D eigenvalue weighted by Crippen LogP contribution is -2.60. The van der Waals surface area contributed by atoms with E-state index >= 15 is 0 Å². The smallest absolute Gasteiger partial charge is 0.231 e. The molecule has 14 nitrogen and oxygen atoms in total. The number of benzene rings is 2. The number of methoxy groups -OCH3 is 4. The molecule has 0 aliphatic carbocycles. The minimum absolute atomic E-state index is 0.0609. The molecule has 2 aromatic carbocycles. The fraction of sp³-hybridized carbons (Fsp3) is 0.586. The highest BCUT2D eigenvalue weighted by atomic mass is 16.7. The average molecular weight is 609 g/mol. The molecule has 3 saturated heterocycles. The van der Waals surface area contributed by atoms with Crippen molar-refractivity contribution in [3.8, 4) is 40.2 Å². The van der Waals surface area contributed by atoms with Crippen molar-refractivity contribution in [3.05, 3.63) is 29.3 Å². The van der Waals surface area contributed by atoms with Crippen molar-refractivity contribution < 1.29 is 67.8 Å². The van der Waals surface area contributed by atoms with Crippen molar-refractivity contribution >= 4 is 0 Å². The number of aliphatic hydroxyl groups excluding tert-OH is 4. The zero-order chi connectivity index (χ0) is 30.4. The standard InChI is InChI=1S/C29H36O14/c1-34-16-5-12(6-18-26(16)41-11-40-18)23-14-9-39-24(15(14)10-38-23)13-7-17(35-2)27(36-3)28(37-4)25(13)43-29-22(33)21(32)20(31)19(8-30)42-29/h5-7,14-15,19-24,29-33H,8-11H2,1-4H3/t14-,15-,19+,20+,21-,22+,23+,24+,29-/m0/s1. The summed E-state index contributed by atoms with van der Waals surface area (Å²) in [6, 6.07) is 5.46. The van der Waals surface area contributed by atoms with E-state index in [0.717, 1.165) is 5.56 Å². The van der Waals surface area contributed by atoms with Crippen molar-refractivity contribution in [2.75, 3.05) is 55.1 Å². The first kappa shape index (κ1) is 29.8. The molecule has 0 aromatic heterocycles. The van der Waals surface area contributed by atoms with Gasteiger partial charge in [-0.05, 0) is 23.8 Å². The zero-order valence-electron chi connectivity index (χ0n) is 24.1. The van der Waals surface area contributed by atoms with E-state index in [1.807, 2.05) is 12.1 Å². The lowest BCUT2D eigenvalue weighted by atomic mass is 9.84. The van der Waals surface area contributed by atoms with E-state index in [9.17, 15) is 20.4 Å². The molecule has 0 unspecified atom stereocenters. The van der Waals surface area contributed by atoms with Crippen LogP contribution >= 0.6 is 0 Å². The van der Waals surface area contributed by atoms with Crippen LogP contribution in [-0.2, 0) is 14.2 Å². The lowest BCUT2D eigenvalue weighted by molar-refractivity contribution is -0.277. The summed E-state index contributed by atoms with van der Waals surface area (Å²) in [5, 5.41) is 41.1. The number of hydrogen-bond acceptors (Lipinski definition) is 14. The van der Waals surface area contributed by atoms with Gasteiger partial charge in [0.1, 0.15) is 24.4 Å². The first-order valence-electron chi connectivity index (χ1n) is 13.9. The predicted octanol–water partition coefficient (Wildman–Crippen LogP) is 0.704. The Hall–Kier alpha value is -3.24. The molecular weight excluding hydrogens is 572 g/mol. The highest BCUT2D eigenvalue weighted by Gasteiger charge is 2.51. The van der Waals surface area contributed by atoms with Gasteiger partial charge >= 0.3 is 0 Å². The largest absolute Gasteiger partial charge is 0.493 e. The van der Waals surface area contributed by atoms with E-state index in [0.29, 0.717) is 41.8 Å². The van der Waals surface area contributed by atoms with E-state index in [2.05, 4.69) is 0 Å². The fourth-order valence-corrected chi connectivity index (χ4v) is 6.29. The number of rotatable bonds is 9. The summed E-state index contributed by atoms with van der Waals surface area (Å²) in [5.74, 6) is 2.29. The van der Waals surface area contributed by atoms with Gasteiger partial charge < -0.3 is 67.8 Å². The number of ether oxygens (including phenoxy) is 10. The van der Waals surface area contributed by atoms with Gasteiger partial charge in [0.25, 0.3) is 0 Å². The minimum atomic E-state index is -1.65. The second-order valence-corrected chi connectivity index (χ2v) is 10.7. The van der Waals surface area contributed by atoms with Crippen LogP contribution in [0.3, 0.4) is 0 Å². The van der Waals surface area contributed by atoms with Crippen LogP contribution in [0.5, 0.6) is 40.2 Å². The molecule has 3 fully saturated rings. The molecule has 0 spiro atoms. The Kier molecular flexibility index (Phi) is 8.35. The molecule has 43 heavy (non-hydrogen) atoms. The van der Waals surface area contributed by atoms with E-state index < -0.39 is 43.4 Å². The summed E-state index contributed by atoms with van der Waals surface area (Å²) in [4.78, 5) is 0. The fourth-order valence-electron chi connectivity index (χ4n) is 6.29. The predicted molar refractivity (Wildman–Crippen MR) is 144 cm³/mol. The molecule has 6 rings (SSSR count). The third-order valence-electron chi connectivity index (χ3n) is 8.48. The van der Waals surface area contributed by atoms with Gasteiger partial charge in [0.05, 0.1) is 60.5 Å². The number of fused-ring (bicyclic) bond motifs is 2. The Morgan fingerprint density at radius 1 is 0.744 bits per heavy atom. The Balaban J connectivity index is 1.36. The lowest BCUT2D eigenvalue weighted by Gasteiger charge is -2.40. The molecule has 0 bridgehead atoms. The van der Waals surface area contributed by atoms with E-state index in [1.165, 1.54) is 21.3 Å². The second-order valence-electron chi connectivity index (χ2n) is 10.7. The molecule has 9 atom stereocenters. The third kappa shape index (κ3) is 4.96. The molecule has 0 radical (unpaired) electrons. The molecule has 4 heterocycles. The molecular formula is C29H36O14. The summed E-state index contributed by atoms with van der Waals surface area (Å²) in [5.41, 5.74) is 1.37. The van der Waals surface area contributed by atoms with Gasteiger partial charge in [-0.1, -0.05) is 0 Å². The van der Waals surface area contributed by atoms with Gasteiger partial charge in [0, 0.05) is 17.4 Å². The van der Waals surface area contributed by atoms with Crippen LogP contribution < -0.4 is 33.2 Å². The quantitative estimate of drug-likeness (QED) is 0.313. The molecule has 0 amide bonds. The Bertz CT molecular complexity index is 1320. The van der Waals surface area contributed by atoms with Crippen molar-refractivity contribution in [2.24, 2.45) is 11.8 Å². The molecule has 236 valence electrons. The van der Waals surface area contributed by atoms with Crippen LogP contribution in [0.1, 0.15) is 23.3 Å². The highest BCUT2D eigenvalue weighted by Crippen LogP contribution is 2.57. The average Bonchev–Trinajstić information content (AvgIpc) is 3.77. The first-order chi connectivity index (χ1) is 20.8. The molecule has 4 N–H and O–H groups in total. The van der Waals surface area contributed by atoms with Gasteiger partial charge in [0.2, 0.25) is 30.3 Å². The number of aliphatic hydroxyl groups is 4. The van der Waals surface area contributed by atoms with Crippen LogP contribution in [-0.4, -0.2) is 106 Å². The van der Waals surface area contributed by atoms with Crippen LogP contribution in [0.15, 0.2) is 18.2 Å². The van der Waals surface area contributed by atoms with Gasteiger partial charge in [-0.15, -0.1) is 0 Å². The van der Waals surface area contributed by atoms with Gasteiger partial charge in [-0.2, -0.15) is 0 Å². The topological polar surface area (TPSA) is 173 Å². The summed E-state index contributed by atoms with van der Waals surface area (Å²) < 4.78 is 58.1. The van der Waals surface area contributed by atoms with Crippen LogP contribution in [0, 0.1) is 11.8 Å². The second kappa shape index (κ2) is 12.0. The van der Waals surface area contributed by atoms with Gasteiger partial charge in [-0.25, -0.2) is 0 Å². The van der Waals surface area contributed by atoms with Crippen molar-refractivity contribution in [2.45, 2.75) is 42.9 Å². The molecule has 4 aliphatic heterocycles. The maximum Gasteiger partial charge on any atom is 0.231 e. The summed E-state index contributed by atoms with van der Waals surface area (Å²) >= 11 is 0. The van der Waals surface area contributed by atoms with E-state index in [1.54, 1.807) is 13.2 Å². The Labute approximate surface area is 247 Å². The zero-order valence-corrected chi connectivity index (χ0v) is 24.1. The monoisotopic (exact) mass is 608 g/mol. The molecule has 0 saturated carbocycles. The molecule has 2 aromatic rings. The summed E-state index contributed by atoms with van der Waals surface area (Å²) in [6.45, 7) is 0.204. The normalized spacial score (nSPS) is 32.8. The Morgan fingerprint density at radius 3 is 2.12 bits per heavy atom. The van der Waals surface area contributed by atoms with Gasteiger partial charge in [-0.3, -0.25) is 0 Å². The SMILES string of the molecule is COc1cc([C@H]2OC[C@H]3[C@@H]2CO[C@@H]3c2cc(OC)c(OC)c(OC)c2O[C@@H]2O[C@H](CO)[C@@H](O)[C@H](O)[C@H]2O)cc2c1OCO2. The van der Waals surface area contributed by atoms with Gasteiger partial charge in [0.15, 0.2) is 23.0 Å².